The van der Waals surface area contributed by atoms with Crippen molar-refractivity contribution >= 4 is 17.8 Å². The number of nitrogens with one attached hydrogen (secondary N) is 1. The summed E-state index contributed by atoms with van der Waals surface area (Å²) in [4.78, 5) is 42.1. The molecule has 0 spiro atoms. The molecule has 0 unspecified atom stereocenters. The van der Waals surface area contributed by atoms with Gasteiger partial charge in [-0.25, -0.2) is 0 Å². The Morgan fingerprint density at radius 2 is 1.47 bits per heavy atom. The van der Waals surface area contributed by atoms with E-state index in [0.29, 0.717) is 32.4 Å². The van der Waals surface area contributed by atoms with Crippen molar-refractivity contribution in [2.45, 2.75) is 57.3 Å². The van der Waals surface area contributed by atoms with Crippen LogP contribution >= 0.6 is 0 Å². The Bertz CT molecular complexity index is 1460. The molecule has 0 aliphatic carbocycles. The molecule has 0 bridgehead atoms. The van der Waals surface area contributed by atoms with Crippen molar-refractivity contribution in [3.63, 3.8) is 0 Å². The van der Waals surface area contributed by atoms with Crippen LogP contribution in [0.15, 0.2) is 110 Å². The highest BCUT2D eigenvalue weighted by Crippen LogP contribution is 2.25. The largest absolute Gasteiger partial charge is 0.463 e. The highest BCUT2D eigenvalue weighted by Gasteiger charge is 2.32. The van der Waals surface area contributed by atoms with Gasteiger partial charge in [0.15, 0.2) is 0 Å². The van der Waals surface area contributed by atoms with Gasteiger partial charge in [0, 0.05) is 13.0 Å². The van der Waals surface area contributed by atoms with Gasteiger partial charge in [-0.2, -0.15) is 0 Å². The van der Waals surface area contributed by atoms with E-state index in [1.54, 1.807) is 17.1 Å². The lowest BCUT2D eigenvalue weighted by atomic mass is 9.92. The molecule has 0 saturated heterocycles. The SMILES string of the molecule is C=CC[C@H](CC(=O)N1Cc2ccccc2C[C@H]1CO)C(=O)N[C@@H](COCc1ccccc1)COC(=O)[C@H](CC=C)Cc1ccccc1. The van der Waals surface area contributed by atoms with Gasteiger partial charge in [-0.05, 0) is 47.9 Å². The number of aliphatic hydroxyl groups is 1. The third-order valence-corrected chi connectivity index (χ3v) is 8.44. The van der Waals surface area contributed by atoms with Gasteiger partial charge in [0.05, 0.1) is 43.7 Å². The van der Waals surface area contributed by atoms with E-state index in [9.17, 15) is 19.5 Å². The van der Waals surface area contributed by atoms with E-state index < -0.39 is 17.9 Å². The van der Waals surface area contributed by atoms with Crippen molar-refractivity contribution < 1.29 is 29.0 Å². The number of benzene rings is 3. The first kappa shape index (κ1) is 35.3. The standard InChI is InChI=1S/C39H46N2O6/c1-3-13-32(23-37(43)41-24-34-20-12-11-19-31(34)22-36(41)25-42)38(44)40-35(27-46-26-30-17-9-6-10-18-30)28-47-39(45)33(14-4-2)21-29-15-7-5-8-16-29/h3-12,15-20,32-33,35-36,42H,1-2,13-14,21-28H2,(H,40,44)/t32-,33-,35+,36+/m1/s1. The maximum absolute atomic E-state index is 13.7. The van der Waals surface area contributed by atoms with Gasteiger partial charge in [0.2, 0.25) is 11.8 Å². The number of aliphatic hydroxyl groups excluding tert-OH is 1. The fraction of sp³-hybridized carbons (Fsp3) is 0.359. The van der Waals surface area contributed by atoms with Crippen molar-refractivity contribution in [1.82, 2.24) is 10.2 Å². The van der Waals surface area contributed by atoms with Crippen LogP contribution < -0.4 is 5.32 Å². The van der Waals surface area contributed by atoms with E-state index in [-0.39, 0.29) is 56.5 Å². The predicted molar refractivity (Wildman–Crippen MR) is 182 cm³/mol. The molecule has 2 amide bonds. The number of carbonyl (C=O) groups excluding carboxylic acids is 3. The number of amides is 2. The maximum Gasteiger partial charge on any atom is 0.309 e. The van der Waals surface area contributed by atoms with Crippen LogP contribution in [0.1, 0.15) is 41.5 Å². The number of nitrogens with zero attached hydrogens (tertiary/aromatic N) is 1. The normalized spacial score (nSPS) is 15.9. The van der Waals surface area contributed by atoms with Crippen molar-refractivity contribution in [2.75, 3.05) is 19.8 Å². The Morgan fingerprint density at radius 3 is 2.13 bits per heavy atom. The van der Waals surface area contributed by atoms with Gasteiger partial charge in [0.1, 0.15) is 6.61 Å². The molecule has 47 heavy (non-hydrogen) atoms. The van der Waals surface area contributed by atoms with Gasteiger partial charge >= 0.3 is 5.97 Å². The second kappa shape index (κ2) is 18.6. The molecule has 0 fully saturated rings. The summed E-state index contributed by atoms with van der Waals surface area (Å²) in [6.45, 7) is 8.16. The topological polar surface area (TPSA) is 105 Å². The smallest absolute Gasteiger partial charge is 0.309 e. The van der Waals surface area contributed by atoms with Crippen molar-refractivity contribution in [1.29, 1.82) is 0 Å². The molecule has 0 aromatic heterocycles. The lowest BCUT2D eigenvalue weighted by molar-refractivity contribution is -0.150. The van der Waals surface area contributed by atoms with Crippen LogP contribution in [-0.2, 0) is 49.9 Å². The molecule has 3 aromatic rings. The van der Waals surface area contributed by atoms with E-state index in [0.717, 1.165) is 22.3 Å². The van der Waals surface area contributed by atoms with Crippen molar-refractivity contribution in [2.24, 2.45) is 11.8 Å². The van der Waals surface area contributed by atoms with Crippen LogP contribution in [0.2, 0.25) is 0 Å². The van der Waals surface area contributed by atoms with E-state index in [2.05, 4.69) is 18.5 Å². The molecular formula is C39H46N2O6. The fourth-order valence-electron chi connectivity index (χ4n) is 5.86. The van der Waals surface area contributed by atoms with E-state index in [1.165, 1.54) is 0 Å². The second-order valence-electron chi connectivity index (χ2n) is 12.0. The van der Waals surface area contributed by atoms with E-state index in [4.69, 9.17) is 9.47 Å². The first-order chi connectivity index (χ1) is 22.9. The molecule has 248 valence electrons. The summed E-state index contributed by atoms with van der Waals surface area (Å²) < 4.78 is 11.7. The minimum absolute atomic E-state index is 0.0492. The monoisotopic (exact) mass is 638 g/mol. The number of rotatable bonds is 18. The first-order valence-electron chi connectivity index (χ1n) is 16.2. The summed E-state index contributed by atoms with van der Waals surface area (Å²) in [6, 6.07) is 26.3. The molecule has 1 heterocycles. The first-order valence-corrected chi connectivity index (χ1v) is 16.2. The number of esters is 1. The zero-order valence-electron chi connectivity index (χ0n) is 27.0. The minimum Gasteiger partial charge on any atom is -0.463 e. The number of hydrogen-bond acceptors (Lipinski definition) is 6. The molecular weight excluding hydrogens is 592 g/mol. The van der Waals surface area contributed by atoms with E-state index in [1.807, 2.05) is 84.9 Å². The predicted octanol–water partition coefficient (Wildman–Crippen LogP) is 5.19. The Kier molecular flexibility index (Phi) is 14.0. The molecule has 1 aliphatic rings. The molecule has 0 radical (unpaired) electrons. The van der Waals surface area contributed by atoms with Crippen LogP contribution in [0.25, 0.3) is 0 Å². The lowest BCUT2D eigenvalue weighted by Crippen LogP contribution is -2.49. The van der Waals surface area contributed by atoms with Gasteiger partial charge in [-0.3, -0.25) is 14.4 Å². The van der Waals surface area contributed by atoms with Gasteiger partial charge in [-0.15, -0.1) is 13.2 Å². The zero-order chi connectivity index (χ0) is 33.4. The maximum atomic E-state index is 13.7. The number of fused-ring (bicyclic) bond motifs is 1. The average Bonchev–Trinajstić information content (AvgIpc) is 3.10. The van der Waals surface area contributed by atoms with E-state index >= 15 is 0 Å². The molecule has 4 rings (SSSR count). The van der Waals surface area contributed by atoms with Crippen LogP contribution in [0.4, 0.5) is 0 Å². The zero-order valence-corrected chi connectivity index (χ0v) is 27.0. The molecule has 8 heteroatoms. The minimum atomic E-state index is -0.699. The van der Waals surface area contributed by atoms with Crippen LogP contribution in [-0.4, -0.2) is 59.7 Å². The molecule has 8 nitrogen and oxygen atoms in total. The summed E-state index contributed by atoms with van der Waals surface area (Å²) in [6.07, 6.45) is 5.07. The van der Waals surface area contributed by atoms with Crippen LogP contribution in [0, 0.1) is 11.8 Å². The lowest BCUT2D eigenvalue weighted by Gasteiger charge is -2.36. The van der Waals surface area contributed by atoms with Crippen LogP contribution in [0.3, 0.4) is 0 Å². The quantitative estimate of drug-likeness (QED) is 0.147. The fourth-order valence-corrected chi connectivity index (χ4v) is 5.86. The Morgan fingerprint density at radius 1 is 0.851 bits per heavy atom. The van der Waals surface area contributed by atoms with Gasteiger partial charge in [0.25, 0.3) is 0 Å². The van der Waals surface area contributed by atoms with Crippen molar-refractivity contribution in [3.8, 4) is 0 Å². The highest BCUT2D eigenvalue weighted by molar-refractivity contribution is 5.86. The molecule has 0 saturated carbocycles. The third-order valence-electron chi connectivity index (χ3n) is 8.44. The van der Waals surface area contributed by atoms with Crippen molar-refractivity contribution in [3.05, 3.63) is 132 Å². The molecule has 3 aromatic carbocycles. The van der Waals surface area contributed by atoms with Gasteiger partial charge < -0.3 is 24.8 Å². The molecule has 2 N–H and O–H groups in total. The summed E-state index contributed by atoms with van der Waals surface area (Å²) in [5, 5.41) is 13.1. The number of allylic oxidation sites excluding steroid dienone is 2. The number of ether oxygens (including phenoxy) is 2. The van der Waals surface area contributed by atoms with Crippen LogP contribution in [0.5, 0.6) is 0 Å². The average molecular weight is 639 g/mol. The summed E-state index contributed by atoms with van der Waals surface area (Å²) >= 11 is 0. The Balaban J connectivity index is 1.42. The Labute approximate surface area is 278 Å². The third kappa shape index (κ3) is 10.8. The Hall–Kier alpha value is -4.53. The molecule has 4 atom stereocenters. The highest BCUT2D eigenvalue weighted by atomic mass is 16.5. The summed E-state index contributed by atoms with van der Waals surface area (Å²) in [5.74, 6) is -2.06. The summed E-state index contributed by atoms with van der Waals surface area (Å²) in [5.41, 5.74) is 4.14. The summed E-state index contributed by atoms with van der Waals surface area (Å²) in [7, 11) is 0. The number of hydrogen-bond donors (Lipinski definition) is 2. The second-order valence-corrected chi connectivity index (χ2v) is 12.0. The molecule has 1 aliphatic heterocycles. The number of carbonyl (C=O) groups is 3. The van der Waals surface area contributed by atoms with Gasteiger partial charge in [-0.1, -0.05) is 97.1 Å².